The van der Waals surface area contributed by atoms with Crippen LogP contribution in [0.1, 0.15) is 25.8 Å². The summed E-state index contributed by atoms with van der Waals surface area (Å²) in [6.07, 6.45) is 1.87. The molecule has 0 fully saturated rings. The topological polar surface area (TPSA) is 59.9 Å². The van der Waals surface area contributed by atoms with Gasteiger partial charge in [0.15, 0.2) is 0 Å². The zero-order valence-electron chi connectivity index (χ0n) is 11.0. The molecule has 0 bridgehead atoms. The zero-order chi connectivity index (χ0) is 14.1. The highest BCUT2D eigenvalue weighted by atomic mass is 79.9. The summed E-state index contributed by atoms with van der Waals surface area (Å²) >= 11 is 3.38. The molecule has 1 rings (SSSR count). The number of hydrazone groups is 1. The number of nitrogens with zero attached hydrogens (tertiary/aromatic N) is 1. The molecule has 0 saturated carbocycles. The molecule has 5 nitrogen and oxygen atoms in total. The SMILES string of the molecule is CCCOc1ccc(Br)cc1/C=N\NC(=O)OCC. The number of halogens is 1. The van der Waals surface area contributed by atoms with E-state index in [2.05, 4.69) is 26.5 Å². The fraction of sp³-hybridized carbons (Fsp3) is 0.385. The van der Waals surface area contributed by atoms with Crippen LogP contribution in [0.3, 0.4) is 0 Å². The van der Waals surface area contributed by atoms with Gasteiger partial charge in [0.05, 0.1) is 19.4 Å². The minimum atomic E-state index is -0.579. The minimum absolute atomic E-state index is 0.309. The van der Waals surface area contributed by atoms with Crippen LogP contribution in [-0.2, 0) is 4.74 Å². The first kappa shape index (κ1) is 15.5. The molecule has 0 aliphatic rings. The molecule has 0 aromatic heterocycles. The second-order valence-electron chi connectivity index (χ2n) is 3.62. The highest BCUT2D eigenvalue weighted by Crippen LogP contribution is 2.21. The lowest BCUT2D eigenvalue weighted by molar-refractivity contribution is 0.152. The lowest BCUT2D eigenvalue weighted by Gasteiger charge is -2.08. The summed E-state index contributed by atoms with van der Waals surface area (Å²) in [5.74, 6) is 0.722. The lowest BCUT2D eigenvalue weighted by atomic mass is 10.2. The Morgan fingerprint density at radius 2 is 2.26 bits per heavy atom. The Labute approximate surface area is 121 Å². The van der Waals surface area contributed by atoms with Crippen LogP contribution in [0.4, 0.5) is 4.79 Å². The van der Waals surface area contributed by atoms with Crippen LogP contribution in [0.15, 0.2) is 27.8 Å². The van der Waals surface area contributed by atoms with Crippen molar-refractivity contribution in [3.8, 4) is 5.75 Å². The maximum absolute atomic E-state index is 11.1. The van der Waals surface area contributed by atoms with Crippen LogP contribution in [0.5, 0.6) is 5.75 Å². The van der Waals surface area contributed by atoms with Crippen molar-refractivity contribution in [2.24, 2.45) is 5.10 Å². The van der Waals surface area contributed by atoms with Crippen molar-refractivity contribution in [3.05, 3.63) is 28.2 Å². The van der Waals surface area contributed by atoms with E-state index in [0.29, 0.717) is 13.2 Å². The molecule has 0 radical (unpaired) electrons. The predicted molar refractivity (Wildman–Crippen MR) is 77.7 cm³/mol. The van der Waals surface area contributed by atoms with Gasteiger partial charge >= 0.3 is 6.09 Å². The molecule has 6 heteroatoms. The molecule has 0 saturated heterocycles. The van der Waals surface area contributed by atoms with Gasteiger partial charge in [-0.3, -0.25) is 0 Å². The molecule has 0 aliphatic carbocycles. The molecule has 104 valence electrons. The maximum atomic E-state index is 11.1. The smallest absolute Gasteiger partial charge is 0.427 e. The first-order chi connectivity index (χ1) is 9.17. The number of nitrogens with one attached hydrogen (secondary N) is 1. The third-order valence-corrected chi connectivity index (χ3v) is 2.56. The number of amides is 1. The average Bonchev–Trinajstić information content (AvgIpc) is 2.38. The molecule has 1 aromatic carbocycles. The molecule has 0 heterocycles. The van der Waals surface area contributed by atoms with Crippen molar-refractivity contribution in [2.45, 2.75) is 20.3 Å². The number of carbonyl (C=O) groups excluding carboxylic acids is 1. The fourth-order valence-electron chi connectivity index (χ4n) is 1.28. The van der Waals surface area contributed by atoms with Crippen LogP contribution in [0, 0.1) is 0 Å². The quantitative estimate of drug-likeness (QED) is 0.643. The first-order valence-electron chi connectivity index (χ1n) is 6.05. The number of hydrogen-bond donors (Lipinski definition) is 1. The number of carbonyl (C=O) groups is 1. The Morgan fingerprint density at radius 3 is 2.95 bits per heavy atom. The van der Waals surface area contributed by atoms with Crippen LogP contribution < -0.4 is 10.2 Å². The Balaban J connectivity index is 2.71. The van der Waals surface area contributed by atoms with Gasteiger partial charge in [0, 0.05) is 10.0 Å². The van der Waals surface area contributed by atoms with Crippen molar-refractivity contribution >= 4 is 28.2 Å². The van der Waals surface area contributed by atoms with E-state index in [9.17, 15) is 4.79 Å². The minimum Gasteiger partial charge on any atom is -0.493 e. The van der Waals surface area contributed by atoms with E-state index >= 15 is 0 Å². The highest BCUT2D eigenvalue weighted by Gasteiger charge is 2.03. The van der Waals surface area contributed by atoms with Crippen LogP contribution in [0.2, 0.25) is 0 Å². The van der Waals surface area contributed by atoms with Gasteiger partial charge in [-0.1, -0.05) is 22.9 Å². The van der Waals surface area contributed by atoms with E-state index in [1.165, 1.54) is 6.21 Å². The summed E-state index contributed by atoms with van der Waals surface area (Å²) in [4.78, 5) is 11.1. The van der Waals surface area contributed by atoms with Crippen molar-refractivity contribution in [3.63, 3.8) is 0 Å². The van der Waals surface area contributed by atoms with Crippen LogP contribution in [0.25, 0.3) is 0 Å². The predicted octanol–water partition coefficient (Wildman–Crippen LogP) is 3.32. The Bertz CT molecular complexity index is 450. The summed E-state index contributed by atoms with van der Waals surface area (Å²) in [6.45, 7) is 4.71. The van der Waals surface area contributed by atoms with E-state index in [-0.39, 0.29) is 0 Å². The molecule has 0 spiro atoms. The standard InChI is InChI=1S/C13H17BrN2O3/c1-3-7-19-12-6-5-11(14)8-10(12)9-15-16-13(17)18-4-2/h5-6,8-9H,3-4,7H2,1-2H3,(H,16,17)/b15-9-. The van der Waals surface area contributed by atoms with Gasteiger partial charge in [-0.15, -0.1) is 0 Å². The second-order valence-corrected chi connectivity index (χ2v) is 4.54. The third-order valence-electron chi connectivity index (χ3n) is 2.07. The van der Waals surface area contributed by atoms with E-state index in [1.54, 1.807) is 6.92 Å². The Hall–Kier alpha value is -1.56. The maximum Gasteiger partial charge on any atom is 0.427 e. The normalized spacial score (nSPS) is 10.5. The molecule has 19 heavy (non-hydrogen) atoms. The van der Waals surface area contributed by atoms with E-state index in [4.69, 9.17) is 9.47 Å². The zero-order valence-corrected chi connectivity index (χ0v) is 12.6. The molecular weight excluding hydrogens is 312 g/mol. The lowest BCUT2D eigenvalue weighted by Crippen LogP contribution is -2.18. The van der Waals surface area contributed by atoms with E-state index < -0.39 is 6.09 Å². The van der Waals surface area contributed by atoms with Crippen LogP contribution in [-0.4, -0.2) is 25.5 Å². The van der Waals surface area contributed by atoms with Crippen molar-refractivity contribution in [1.82, 2.24) is 5.43 Å². The Morgan fingerprint density at radius 1 is 1.47 bits per heavy atom. The van der Waals surface area contributed by atoms with E-state index in [1.807, 2.05) is 25.1 Å². The molecule has 1 aromatic rings. The second kappa shape index (κ2) is 8.53. The Kier molecular flexibility index (Phi) is 6.95. The molecule has 0 unspecified atom stereocenters. The van der Waals surface area contributed by atoms with Crippen molar-refractivity contribution in [1.29, 1.82) is 0 Å². The van der Waals surface area contributed by atoms with Gasteiger partial charge in [0.25, 0.3) is 0 Å². The summed E-state index contributed by atoms with van der Waals surface area (Å²) < 4.78 is 11.2. The summed E-state index contributed by atoms with van der Waals surface area (Å²) in [6, 6.07) is 5.61. The number of ether oxygens (including phenoxy) is 2. The average molecular weight is 329 g/mol. The molecule has 1 amide bonds. The fourth-order valence-corrected chi connectivity index (χ4v) is 1.66. The van der Waals surface area contributed by atoms with Crippen molar-refractivity contribution < 1.29 is 14.3 Å². The monoisotopic (exact) mass is 328 g/mol. The van der Waals surface area contributed by atoms with Gasteiger partial charge in [-0.2, -0.15) is 5.10 Å². The number of rotatable bonds is 6. The summed E-state index contributed by atoms with van der Waals surface area (Å²) in [7, 11) is 0. The summed E-state index contributed by atoms with van der Waals surface area (Å²) in [5.41, 5.74) is 3.05. The molecule has 0 aliphatic heterocycles. The van der Waals surface area contributed by atoms with Crippen LogP contribution >= 0.6 is 15.9 Å². The van der Waals surface area contributed by atoms with Crippen molar-refractivity contribution in [2.75, 3.05) is 13.2 Å². The van der Waals surface area contributed by atoms with Gasteiger partial charge in [0.2, 0.25) is 0 Å². The third kappa shape index (κ3) is 5.74. The largest absolute Gasteiger partial charge is 0.493 e. The van der Waals surface area contributed by atoms with Gasteiger partial charge in [-0.05, 0) is 31.5 Å². The van der Waals surface area contributed by atoms with Gasteiger partial charge in [0.1, 0.15) is 5.75 Å². The van der Waals surface area contributed by atoms with Gasteiger partial charge in [-0.25, -0.2) is 10.2 Å². The molecule has 1 N–H and O–H groups in total. The summed E-state index contributed by atoms with van der Waals surface area (Å²) in [5, 5.41) is 3.82. The highest BCUT2D eigenvalue weighted by molar-refractivity contribution is 9.10. The molecule has 0 atom stereocenters. The number of hydrogen-bond acceptors (Lipinski definition) is 4. The van der Waals surface area contributed by atoms with E-state index in [0.717, 1.165) is 22.2 Å². The number of benzene rings is 1. The van der Waals surface area contributed by atoms with Gasteiger partial charge < -0.3 is 9.47 Å². The molecular formula is C13H17BrN2O3. The first-order valence-corrected chi connectivity index (χ1v) is 6.84.